The van der Waals surface area contributed by atoms with E-state index in [1.165, 1.54) is 0 Å². The van der Waals surface area contributed by atoms with E-state index in [0.29, 0.717) is 5.69 Å². The summed E-state index contributed by atoms with van der Waals surface area (Å²) in [5, 5.41) is 14.7. The highest BCUT2D eigenvalue weighted by Crippen LogP contribution is 2.04. The number of likely N-dealkylation sites (N-methyl/N-ethyl adjacent to an activating group) is 1. The summed E-state index contributed by atoms with van der Waals surface area (Å²) in [5.74, 6) is 0. The molecule has 0 atom stereocenters. The van der Waals surface area contributed by atoms with Crippen LogP contribution in [0.4, 0.5) is 5.69 Å². The fraction of sp³-hybridized carbons (Fsp3) is 0.333. The third kappa shape index (κ3) is 3.09. The van der Waals surface area contributed by atoms with E-state index in [1.807, 2.05) is 19.2 Å². The molecular weight excluding hydrogens is 164 g/mol. The summed E-state index contributed by atoms with van der Waals surface area (Å²) in [6.45, 7) is 1.75. The van der Waals surface area contributed by atoms with Crippen LogP contribution in [-0.4, -0.2) is 25.1 Å². The van der Waals surface area contributed by atoms with Crippen molar-refractivity contribution in [3.8, 4) is 6.07 Å². The maximum absolute atomic E-state index is 8.50. The SMILES string of the molecule is CNCCNc1ccc(C#N)nc1. The molecule has 0 saturated heterocycles. The number of aromatic nitrogens is 1. The van der Waals surface area contributed by atoms with Gasteiger partial charge in [-0.05, 0) is 19.2 Å². The molecule has 13 heavy (non-hydrogen) atoms. The molecule has 1 rings (SSSR count). The lowest BCUT2D eigenvalue weighted by Crippen LogP contribution is -2.17. The second-order valence-corrected chi connectivity index (χ2v) is 2.57. The van der Waals surface area contributed by atoms with Gasteiger partial charge in [0.2, 0.25) is 0 Å². The Morgan fingerprint density at radius 3 is 2.85 bits per heavy atom. The van der Waals surface area contributed by atoms with Gasteiger partial charge in [-0.15, -0.1) is 0 Å². The second kappa shape index (κ2) is 5.12. The Labute approximate surface area is 77.6 Å². The molecule has 1 heterocycles. The summed E-state index contributed by atoms with van der Waals surface area (Å²) in [6, 6.07) is 5.51. The van der Waals surface area contributed by atoms with E-state index in [2.05, 4.69) is 15.6 Å². The number of nitrogens with one attached hydrogen (secondary N) is 2. The average molecular weight is 176 g/mol. The summed E-state index contributed by atoms with van der Waals surface area (Å²) in [6.07, 6.45) is 1.66. The van der Waals surface area contributed by atoms with Crippen LogP contribution in [0.2, 0.25) is 0 Å². The van der Waals surface area contributed by atoms with Gasteiger partial charge in [-0.1, -0.05) is 0 Å². The van der Waals surface area contributed by atoms with Gasteiger partial charge in [-0.3, -0.25) is 0 Å². The van der Waals surface area contributed by atoms with E-state index in [9.17, 15) is 0 Å². The predicted molar refractivity (Wildman–Crippen MR) is 51.4 cm³/mol. The van der Waals surface area contributed by atoms with E-state index in [-0.39, 0.29) is 0 Å². The third-order valence-electron chi connectivity index (χ3n) is 1.58. The summed E-state index contributed by atoms with van der Waals surface area (Å²) >= 11 is 0. The maximum atomic E-state index is 8.50. The van der Waals surface area contributed by atoms with Crippen molar-refractivity contribution in [3.05, 3.63) is 24.0 Å². The van der Waals surface area contributed by atoms with E-state index in [0.717, 1.165) is 18.8 Å². The highest BCUT2D eigenvalue weighted by atomic mass is 14.9. The molecule has 0 aromatic carbocycles. The minimum atomic E-state index is 0.444. The lowest BCUT2D eigenvalue weighted by atomic mass is 10.3. The van der Waals surface area contributed by atoms with E-state index >= 15 is 0 Å². The molecule has 0 radical (unpaired) electrons. The van der Waals surface area contributed by atoms with Gasteiger partial charge in [0.1, 0.15) is 11.8 Å². The number of nitrogens with zero attached hydrogens (tertiary/aromatic N) is 2. The zero-order valence-electron chi connectivity index (χ0n) is 7.54. The zero-order valence-corrected chi connectivity index (χ0v) is 7.54. The first-order valence-corrected chi connectivity index (χ1v) is 4.11. The first-order valence-electron chi connectivity index (χ1n) is 4.11. The minimum absolute atomic E-state index is 0.444. The lowest BCUT2D eigenvalue weighted by Gasteiger charge is -2.04. The summed E-state index contributed by atoms with van der Waals surface area (Å²) in [4.78, 5) is 3.93. The molecule has 0 fully saturated rings. The molecule has 4 nitrogen and oxygen atoms in total. The molecule has 0 aliphatic heterocycles. The number of rotatable bonds is 4. The van der Waals surface area contributed by atoms with Gasteiger partial charge in [-0.2, -0.15) is 5.26 Å². The summed E-state index contributed by atoms with van der Waals surface area (Å²) < 4.78 is 0. The Morgan fingerprint density at radius 2 is 2.31 bits per heavy atom. The van der Waals surface area contributed by atoms with Gasteiger partial charge in [0.25, 0.3) is 0 Å². The van der Waals surface area contributed by atoms with Crippen molar-refractivity contribution in [1.82, 2.24) is 10.3 Å². The van der Waals surface area contributed by atoms with Gasteiger partial charge in [-0.25, -0.2) is 4.98 Å². The molecule has 1 aromatic heterocycles. The number of nitriles is 1. The van der Waals surface area contributed by atoms with Crippen LogP contribution in [0.15, 0.2) is 18.3 Å². The normalized spacial score (nSPS) is 9.23. The van der Waals surface area contributed by atoms with Crippen LogP contribution in [0.25, 0.3) is 0 Å². The third-order valence-corrected chi connectivity index (χ3v) is 1.58. The van der Waals surface area contributed by atoms with Crippen molar-refractivity contribution in [3.63, 3.8) is 0 Å². The molecule has 0 aliphatic rings. The molecule has 1 aromatic rings. The monoisotopic (exact) mass is 176 g/mol. The molecule has 0 unspecified atom stereocenters. The second-order valence-electron chi connectivity index (χ2n) is 2.57. The van der Waals surface area contributed by atoms with E-state index in [1.54, 1.807) is 12.3 Å². The quantitative estimate of drug-likeness (QED) is 0.659. The number of anilines is 1. The predicted octanol–water partition coefficient (Wildman–Crippen LogP) is 0.585. The van der Waals surface area contributed by atoms with Gasteiger partial charge in [0, 0.05) is 13.1 Å². The first-order chi connectivity index (χ1) is 6.36. The largest absolute Gasteiger partial charge is 0.383 e. The minimum Gasteiger partial charge on any atom is -0.383 e. The van der Waals surface area contributed by atoms with Crippen molar-refractivity contribution >= 4 is 5.69 Å². The van der Waals surface area contributed by atoms with E-state index < -0.39 is 0 Å². The van der Waals surface area contributed by atoms with Crippen molar-refractivity contribution in [2.45, 2.75) is 0 Å². The molecule has 0 bridgehead atoms. The lowest BCUT2D eigenvalue weighted by molar-refractivity contribution is 0.823. The molecule has 0 amide bonds. The standard InChI is InChI=1S/C9H12N4/c1-11-4-5-12-9-3-2-8(6-10)13-7-9/h2-3,7,11-12H,4-5H2,1H3. The molecule has 0 spiro atoms. The van der Waals surface area contributed by atoms with Crippen LogP contribution in [-0.2, 0) is 0 Å². The van der Waals surface area contributed by atoms with Crippen molar-refractivity contribution in [2.24, 2.45) is 0 Å². The Hall–Kier alpha value is -1.60. The Bertz CT molecular complexity index is 285. The maximum Gasteiger partial charge on any atom is 0.140 e. The zero-order chi connectivity index (χ0) is 9.52. The number of pyridine rings is 1. The Balaban J connectivity index is 2.46. The van der Waals surface area contributed by atoms with Gasteiger partial charge in [0.15, 0.2) is 0 Å². The van der Waals surface area contributed by atoms with Crippen molar-refractivity contribution in [1.29, 1.82) is 5.26 Å². The first kappa shape index (κ1) is 9.49. The number of hydrogen-bond acceptors (Lipinski definition) is 4. The number of hydrogen-bond donors (Lipinski definition) is 2. The van der Waals surface area contributed by atoms with Crippen molar-refractivity contribution in [2.75, 3.05) is 25.5 Å². The van der Waals surface area contributed by atoms with Gasteiger partial charge < -0.3 is 10.6 Å². The molecule has 68 valence electrons. The molecule has 0 saturated carbocycles. The highest BCUT2D eigenvalue weighted by molar-refractivity contribution is 5.42. The highest BCUT2D eigenvalue weighted by Gasteiger charge is 1.92. The average Bonchev–Trinajstić information content (AvgIpc) is 2.19. The topological polar surface area (TPSA) is 60.7 Å². The van der Waals surface area contributed by atoms with Crippen LogP contribution < -0.4 is 10.6 Å². The van der Waals surface area contributed by atoms with Crippen LogP contribution in [0.5, 0.6) is 0 Å². The smallest absolute Gasteiger partial charge is 0.140 e. The van der Waals surface area contributed by atoms with Crippen LogP contribution in [0, 0.1) is 11.3 Å². The van der Waals surface area contributed by atoms with Crippen molar-refractivity contribution < 1.29 is 0 Å². The van der Waals surface area contributed by atoms with Crippen LogP contribution >= 0.6 is 0 Å². The molecule has 2 N–H and O–H groups in total. The molecular formula is C9H12N4. The van der Waals surface area contributed by atoms with Crippen LogP contribution in [0.3, 0.4) is 0 Å². The fourth-order valence-corrected chi connectivity index (χ4v) is 0.896. The summed E-state index contributed by atoms with van der Waals surface area (Å²) in [5.41, 5.74) is 1.38. The van der Waals surface area contributed by atoms with Gasteiger partial charge >= 0.3 is 0 Å². The van der Waals surface area contributed by atoms with Gasteiger partial charge in [0.05, 0.1) is 11.9 Å². The van der Waals surface area contributed by atoms with Crippen LogP contribution in [0.1, 0.15) is 5.69 Å². The summed E-state index contributed by atoms with van der Waals surface area (Å²) in [7, 11) is 1.90. The Kier molecular flexibility index (Phi) is 3.74. The fourth-order valence-electron chi connectivity index (χ4n) is 0.896. The molecule has 4 heteroatoms. The van der Waals surface area contributed by atoms with E-state index in [4.69, 9.17) is 5.26 Å². The molecule has 0 aliphatic carbocycles. The Morgan fingerprint density at radius 1 is 1.46 bits per heavy atom.